The average Bonchev–Trinajstić information content (AvgIpc) is 2.71. The average molecular weight is 367 g/mol. The van der Waals surface area contributed by atoms with Crippen molar-refractivity contribution in [1.29, 1.82) is 0 Å². The highest BCUT2D eigenvalue weighted by atomic mass is 16.1. The van der Waals surface area contributed by atoms with Crippen LogP contribution in [0.3, 0.4) is 0 Å². The number of carbonyl (C=O) groups is 1. The van der Waals surface area contributed by atoms with Gasteiger partial charge in [0.25, 0.3) is 5.91 Å². The number of aromatic nitrogens is 1. The molecule has 1 fully saturated rings. The Morgan fingerprint density at radius 1 is 1.04 bits per heavy atom. The normalized spacial score (nSPS) is 14.6. The van der Waals surface area contributed by atoms with Crippen molar-refractivity contribution in [1.82, 2.24) is 10.3 Å². The summed E-state index contributed by atoms with van der Waals surface area (Å²) < 4.78 is 0. The summed E-state index contributed by atoms with van der Waals surface area (Å²) in [6.45, 7) is 6.30. The van der Waals surface area contributed by atoms with E-state index < -0.39 is 0 Å². The first-order chi connectivity index (χ1) is 13.2. The first kappa shape index (κ1) is 19.2. The molecule has 1 aliphatic carbocycles. The zero-order valence-corrected chi connectivity index (χ0v) is 16.4. The van der Waals surface area contributed by atoms with Gasteiger partial charge in [-0.1, -0.05) is 19.3 Å². The molecule has 2 N–H and O–H groups in total. The molecule has 5 heteroatoms. The Morgan fingerprint density at radius 2 is 1.74 bits per heavy atom. The summed E-state index contributed by atoms with van der Waals surface area (Å²) in [6.07, 6.45) is 7.50. The van der Waals surface area contributed by atoms with Gasteiger partial charge < -0.3 is 15.5 Å². The molecular formula is C22H30N4O. The molecular weight excluding hydrogens is 336 g/mol. The van der Waals surface area contributed by atoms with Crippen molar-refractivity contribution in [3.05, 3.63) is 48.3 Å². The van der Waals surface area contributed by atoms with Crippen molar-refractivity contribution in [2.75, 3.05) is 23.3 Å². The van der Waals surface area contributed by atoms with Gasteiger partial charge in [-0.15, -0.1) is 0 Å². The molecule has 1 aromatic heterocycles. The van der Waals surface area contributed by atoms with E-state index in [9.17, 15) is 4.79 Å². The van der Waals surface area contributed by atoms with Gasteiger partial charge in [-0.25, -0.2) is 0 Å². The van der Waals surface area contributed by atoms with Gasteiger partial charge in [-0.05, 0) is 63.1 Å². The predicted octanol–water partition coefficient (Wildman–Crippen LogP) is 4.73. The van der Waals surface area contributed by atoms with Crippen LogP contribution in [0, 0.1) is 0 Å². The molecule has 3 rings (SSSR count). The fourth-order valence-electron chi connectivity index (χ4n) is 3.65. The van der Waals surface area contributed by atoms with E-state index in [1.54, 1.807) is 6.20 Å². The Hall–Kier alpha value is -2.56. The van der Waals surface area contributed by atoms with E-state index in [-0.39, 0.29) is 11.9 Å². The largest absolute Gasteiger partial charge is 0.372 e. The highest BCUT2D eigenvalue weighted by Gasteiger charge is 2.17. The van der Waals surface area contributed by atoms with Crippen molar-refractivity contribution in [3.63, 3.8) is 0 Å². The van der Waals surface area contributed by atoms with Crippen LogP contribution in [0.1, 0.15) is 56.4 Å². The lowest BCUT2D eigenvalue weighted by atomic mass is 9.95. The molecule has 0 radical (unpaired) electrons. The number of anilines is 3. The zero-order valence-electron chi connectivity index (χ0n) is 16.4. The zero-order chi connectivity index (χ0) is 19.1. The van der Waals surface area contributed by atoms with Crippen molar-refractivity contribution in [3.8, 4) is 0 Å². The van der Waals surface area contributed by atoms with E-state index in [0.717, 1.165) is 37.3 Å². The second-order valence-electron chi connectivity index (χ2n) is 7.08. The number of carbonyl (C=O) groups excluding carboxylic acids is 1. The van der Waals surface area contributed by atoms with Crippen LogP contribution in [0.4, 0.5) is 17.1 Å². The first-order valence-electron chi connectivity index (χ1n) is 10.1. The van der Waals surface area contributed by atoms with Crippen molar-refractivity contribution >= 4 is 23.0 Å². The number of nitrogens with one attached hydrogen (secondary N) is 2. The minimum Gasteiger partial charge on any atom is -0.372 e. The minimum absolute atomic E-state index is 0.0811. The Morgan fingerprint density at radius 3 is 2.41 bits per heavy atom. The number of hydrogen-bond acceptors (Lipinski definition) is 4. The van der Waals surface area contributed by atoms with E-state index in [4.69, 9.17) is 0 Å². The van der Waals surface area contributed by atoms with Crippen molar-refractivity contribution in [2.45, 2.75) is 52.0 Å². The van der Waals surface area contributed by atoms with Crippen LogP contribution >= 0.6 is 0 Å². The third-order valence-corrected chi connectivity index (χ3v) is 5.22. The molecule has 1 aliphatic rings. The molecule has 1 saturated carbocycles. The van der Waals surface area contributed by atoms with E-state index in [1.165, 1.54) is 24.9 Å². The van der Waals surface area contributed by atoms with Crippen LogP contribution in [0.5, 0.6) is 0 Å². The van der Waals surface area contributed by atoms with Crippen LogP contribution in [0.15, 0.2) is 42.6 Å². The van der Waals surface area contributed by atoms with Gasteiger partial charge in [0, 0.05) is 42.4 Å². The molecule has 0 bridgehead atoms. The quantitative estimate of drug-likeness (QED) is 0.743. The summed E-state index contributed by atoms with van der Waals surface area (Å²) in [5.41, 5.74) is 3.54. The molecule has 0 aliphatic heterocycles. The van der Waals surface area contributed by atoms with E-state index in [1.807, 2.05) is 12.1 Å². The molecule has 144 valence electrons. The molecule has 2 aromatic rings. The SMILES string of the molecule is CCN(CC)c1ccc(Nc2ccnc(C(=O)NC3CCCCC3)c2)cc1. The van der Waals surface area contributed by atoms with Crippen molar-refractivity contribution in [2.24, 2.45) is 0 Å². The van der Waals surface area contributed by atoms with E-state index in [0.29, 0.717) is 5.69 Å². The first-order valence-corrected chi connectivity index (χ1v) is 10.1. The number of pyridine rings is 1. The van der Waals surface area contributed by atoms with Crippen molar-refractivity contribution < 1.29 is 4.79 Å². The summed E-state index contributed by atoms with van der Waals surface area (Å²) in [6, 6.07) is 12.4. The number of amides is 1. The Balaban J connectivity index is 1.64. The lowest BCUT2D eigenvalue weighted by Gasteiger charge is -2.22. The minimum atomic E-state index is -0.0811. The van der Waals surface area contributed by atoms with Crippen LogP contribution in [-0.2, 0) is 0 Å². The van der Waals surface area contributed by atoms with Gasteiger partial charge in [-0.2, -0.15) is 0 Å². The predicted molar refractivity (Wildman–Crippen MR) is 112 cm³/mol. The Bertz CT molecular complexity index is 734. The Kier molecular flexibility index (Phi) is 6.69. The summed E-state index contributed by atoms with van der Waals surface area (Å²) in [7, 11) is 0. The Labute approximate surface area is 162 Å². The highest BCUT2D eigenvalue weighted by Crippen LogP contribution is 2.22. The summed E-state index contributed by atoms with van der Waals surface area (Å²) >= 11 is 0. The molecule has 1 aromatic carbocycles. The lowest BCUT2D eigenvalue weighted by Crippen LogP contribution is -2.36. The summed E-state index contributed by atoms with van der Waals surface area (Å²) in [5.74, 6) is -0.0811. The standard InChI is InChI=1S/C22H30N4O/c1-3-26(4-2)20-12-10-18(11-13-20)24-19-14-15-23-21(16-19)22(27)25-17-8-6-5-7-9-17/h10-17H,3-9H2,1-2H3,(H,23,24)(H,25,27). The van der Waals surface area contributed by atoms with Crippen LogP contribution in [-0.4, -0.2) is 30.0 Å². The second kappa shape index (κ2) is 9.40. The molecule has 27 heavy (non-hydrogen) atoms. The molecule has 0 unspecified atom stereocenters. The number of hydrogen-bond donors (Lipinski definition) is 2. The van der Waals surface area contributed by atoms with Crippen LogP contribution < -0.4 is 15.5 Å². The van der Waals surface area contributed by atoms with Gasteiger partial charge in [-0.3, -0.25) is 9.78 Å². The summed E-state index contributed by atoms with van der Waals surface area (Å²) in [5, 5.41) is 6.49. The van der Waals surface area contributed by atoms with E-state index in [2.05, 4.69) is 58.6 Å². The fraction of sp³-hybridized carbons (Fsp3) is 0.455. The van der Waals surface area contributed by atoms with Gasteiger partial charge in [0.15, 0.2) is 0 Å². The third kappa shape index (κ3) is 5.22. The van der Waals surface area contributed by atoms with E-state index >= 15 is 0 Å². The molecule has 0 saturated heterocycles. The third-order valence-electron chi connectivity index (χ3n) is 5.22. The molecule has 1 heterocycles. The van der Waals surface area contributed by atoms with Crippen LogP contribution in [0.2, 0.25) is 0 Å². The monoisotopic (exact) mass is 366 g/mol. The summed E-state index contributed by atoms with van der Waals surface area (Å²) in [4.78, 5) is 19.1. The van der Waals surface area contributed by atoms with Gasteiger partial charge in [0.1, 0.15) is 5.69 Å². The maximum absolute atomic E-state index is 12.5. The smallest absolute Gasteiger partial charge is 0.270 e. The van der Waals surface area contributed by atoms with Gasteiger partial charge in [0.2, 0.25) is 0 Å². The molecule has 0 atom stereocenters. The topological polar surface area (TPSA) is 57.3 Å². The highest BCUT2D eigenvalue weighted by molar-refractivity contribution is 5.93. The maximum atomic E-state index is 12.5. The number of benzene rings is 1. The number of rotatable bonds is 7. The second-order valence-corrected chi connectivity index (χ2v) is 7.08. The van der Waals surface area contributed by atoms with Gasteiger partial charge >= 0.3 is 0 Å². The fourth-order valence-corrected chi connectivity index (χ4v) is 3.65. The van der Waals surface area contributed by atoms with Gasteiger partial charge in [0.05, 0.1) is 0 Å². The molecule has 1 amide bonds. The van der Waals surface area contributed by atoms with Crippen LogP contribution in [0.25, 0.3) is 0 Å². The maximum Gasteiger partial charge on any atom is 0.270 e. The molecule has 0 spiro atoms. The lowest BCUT2D eigenvalue weighted by molar-refractivity contribution is 0.0922. The number of nitrogens with zero attached hydrogens (tertiary/aromatic N) is 2. The molecule has 5 nitrogen and oxygen atoms in total.